The van der Waals surface area contributed by atoms with Crippen LogP contribution in [0.1, 0.15) is 18.1 Å². The zero-order valence-corrected chi connectivity index (χ0v) is 12.1. The summed E-state index contributed by atoms with van der Waals surface area (Å²) in [7, 11) is 0. The molecule has 0 aliphatic rings. The molecule has 0 radical (unpaired) electrons. The van der Waals surface area contributed by atoms with Crippen molar-refractivity contribution < 1.29 is 4.39 Å². The summed E-state index contributed by atoms with van der Waals surface area (Å²) < 4.78 is 13.1. The number of benzene rings is 2. The van der Waals surface area contributed by atoms with E-state index in [2.05, 4.69) is 24.4 Å². The number of hydrogen-bond acceptors (Lipinski definition) is 2. The zero-order valence-electron chi connectivity index (χ0n) is 11.2. The third-order valence-corrected chi connectivity index (χ3v) is 3.92. The van der Waals surface area contributed by atoms with Crippen LogP contribution in [0.15, 0.2) is 47.4 Å². The van der Waals surface area contributed by atoms with Crippen molar-refractivity contribution in [2.45, 2.75) is 25.3 Å². The lowest BCUT2D eigenvalue weighted by Gasteiger charge is -2.12. The Morgan fingerprint density at radius 2 is 1.95 bits per heavy atom. The zero-order chi connectivity index (χ0) is 13.7. The third kappa shape index (κ3) is 3.74. The van der Waals surface area contributed by atoms with Crippen LogP contribution in [0.2, 0.25) is 0 Å². The van der Waals surface area contributed by atoms with Crippen molar-refractivity contribution in [2.24, 2.45) is 0 Å². The van der Waals surface area contributed by atoms with E-state index in [0.717, 1.165) is 22.6 Å². The summed E-state index contributed by atoms with van der Waals surface area (Å²) in [5.41, 5.74) is 3.24. The molecule has 0 amide bonds. The quantitative estimate of drug-likeness (QED) is 0.782. The highest BCUT2D eigenvalue weighted by Crippen LogP contribution is 2.27. The van der Waals surface area contributed by atoms with Gasteiger partial charge in [-0.15, -0.1) is 11.8 Å². The minimum atomic E-state index is -0.178. The van der Waals surface area contributed by atoms with Crippen LogP contribution in [0.3, 0.4) is 0 Å². The molecule has 1 nitrogen and oxygen atoms in total. The second kappa shape index (κ2) is 6.62. The molecular weight excluding hydrogens is 257 g/mol. The largest absolute Gasteiger partial charge is 0.380 e. The van der Waals surface area contributed by atoms with Gasteiger partial charge in [-0.05, 0) is 48.1 Å². The van der Waals surface area contributed by atoms with E-state index in [1.807, 2.05) is 36.9 Å². The Bertz CT molecular complexity index is 554. The van der Waals surface area contributed by atoms with Gasteiger partial charge in [-0.1, -0.05) is 25.1 Å². The molecule has 100 valence electrons. The van der Waals surface area contributed by atoms with E-state index in [1.54, 1.807) is 6.07 Å². The summed E-state index contributed by atoms with van der Waals surface area (Å²) in [6.07, 6.45) is 0. The number of thioether (sulfide) groups is 1. The summed E-state index contributed by atoms with van der Waals surface area (Å²) in [5, 5.41) is 3.43. The first kappa shape index (κ1) is 13.9. The number of para-hydroxylation sites is 1. The lowest BCUT2D eigenvalue weighted by molar-refractivity contribution is 0.625. The standard InChI is InChI=1S/C16H18FNS/c1-3-19-16-7-5-4-6-15(16)18-11-13-8-9-14(17)10-12(13)2/h4-10,18H,3,11H2,1-2H3. The van der Waals surface area contributed by atoms with Gasteiger partial charge < -0.3 is 5.32 Å². The summed E-state index contributed by atoms with van der Waals surface area (Å²) >= 11 is 1.82. The molecule has 19 heavy (non-hydrogen) atoms. The van der Waals surface area contributed by atoms with E-state index in [-0.39, 0.29) is 5.82 Å². The highest BCUT2D eigenvalue weighted by molar-refractivity contribution is 7.99. The fourth-order valence-corrected chi connectivity index (χ4v) is 2.72. The number of rotatable bonds is 5. The average molecular weight is 275 g/mol. The molecule has 0 heterocycles. The van der Waals surface area contributed by atoms with Crippen molar-refractivity contribution in [1.29, 1.82) is 0 Å². The minimum Gasteiger partial charge on any atom is -0.380 e. The predicted octanol–water partition coefficient (Wildman–Crippen LogP) is 4.86. The summed E-state index contributed by atoms with van der Waals surface area (Å²) in [4.78, 5) is 1.25. The fraction of sp³-hybridized carbons (Fsp3) is 0.250. The molecule has 0 unspecified atom stereocenters. The molecule has 0 atom stereocenters. The normalized spacial score (nSPS) is 10.5. The molecule has 0 fully saturated rings. The van der Waals surface area contributed by atoms with E-state index in [9.17, 15) is 4.39 Å². The van der Waals surface area contributed by atoms with Crippen LogP contribution in [-0.4, -0.2) is 5.75 Å². The van der Waals surface area contributed by atoms with Crippen LogP contribution < -0.4 is 5.32 Å². The second-order valence-corrected chi connectivity index (χ2v) is 5.66. The van der Waals surface area contributed by atoms with Crippen LogP contribution in [0.5, 0.6) is 0 Å². The van der Waals surface area contributed by atoms with Gasteiger partial charge in [0.05, 0.1) is 0 Å². The molecule has 1 N–H and O–H groups in total. The highest BCUT2D eigenvalue weighted by atomic mass is 32.2. The SMILES string of the molecule is CCSc1ccccc1NCc1ccc(F)cc1C. The van der Waals surface area contributed by atoms with Gasteiger partial charge in [-0.3, -0.25) is 0 Å². The summed E-state index contributed by atoms with van der Waals surface area (Å²) in [6.45, 7) is 4.80. The maximum Gasteiger partial charge on any atom is 0.123 e. The highest BCUT2D eigenvalue weighted by Gasteiger charge is 2.03. The topological polar surface area (TPSA) is 12.0 Å². The van der Waals surface area contributed by atoms with Crippen molar-refractivity contribution in [2.75, 3.05) is 11.1 Å². The third-order valence-electron chi connectivity index (χ3n) is 2.96. The second-order valence-electron chi connectivity index (χ2n) is 4.35. The lowest BCUT2D eigenvalue weighted by atomic mass is 10.1. The van der Waals surface area contributed by atoms with Gasteiger partial charge >= 0.3 is 0 Å². The Balaban J connectivity index is 2.10. The smallest absolute Gasteiger partial charge is 0.123 e. The van der Waals surface area contributed by atoms with E-state index in [1.165, 1.54) is 11.0 Å². The van der Waals surface area contributed by atoms with Crippen molar-refractivity contribution in [1.82, 2.24) is 0 Å². The van der Waals surface area contributed by atoms with Crippen molar-refractivity contribution in [3.8, 4) is 0 Å². The van der Waals surface area contributed by atoms with Crippen LogP contribution in [-0.2, 0) is 6.54 Å². The summed E-state index contributed by atoms with van der Waals surface area (Å²) in [5.74, 6) is 0.872. The number of nitrogens with one attached hydrogen (secondary N) is 1. The molecule has 2 aromatic carbocycles. The Kier molecular flexibility index (Phi) is 4.86. The van der Waals surface area contributed by atoms with E-state index in [4.69, 9.17) is 0 Å². The maximum atomic E-state index is 13.1. The first-order chi connectivity index (χ1) is 9.20. The van der Waals surface area contributed by atoms with E-state index < -0.39 is 0 Å². The van der Waals surface area contributed by atoms with Crippen molar-refractivity contribution in [3.05, 3.63) is 59.4 Å². The molecule has 0 saturated carbocycles. The van der Waals surface area contributed by atoms with Gasteiger partial charge in [0.2, 0.25) is 0 Å². The first-order valence-corrected chi connectivity index (χ1v) is 7.40. The number of hydrogen-bond donors (Lipinski definition) is 1. The van der Waals surface area contributed by atoms with Crippen LogP contribution >= 0.6 is 11.8 Å². The van der Waals surface area contributed by atoms with Crippen LogP contribution in [0.4, 0.5) is 10.1 Å². The molecule has 2 aromatic rings. The molecule has 3 heteroatoms. The molecule has 2 rings (SSSR count). The Morgan fingerprint density at radius 3 is 2.68 bits per heavy atom. The number of halogens is 1. The molecule has 0 aliphatic heterocycles. The van der Waals surface area contributed by atoms with Gasteiger partial charge in [0.1, 0.15) is 5.82 Å². The van der Waals surface area contributed by atoms with Crippen molar-refractivity contribution >= 4 is 17.4 Å². The molecular formula is C16H18FNS. The monoisotopic (exact) mass is 275 g/mol. The Morgan fingerprint density at radius 1 is 1.16 bits per heavy atom. The minimum absolute atomic E-state index is 0.178. The van der Waals surface area contributed by atoms with Crippen LogP contribution in [0.25, 0.3) is 0 Å². The Hall–Kier alpha value is -1.48. The van der Waals surface area contributed by atoms with Gasteiger partial charge in [-0.25, -0.2) is 4.39 Å². The van der Waals surface area contributed by atoms with E-state index >= 15 is 0 Å². The van der Waals surface area contributed by atoms with Gasteiger partial charge in [-0.2, -0.15) is 0 Å². The average Bonchev–Trinajstić information content (AvgIpc) is 2.40. The molecule has 0 aliphatic carbocycles. The maximum absolute atomic E-state index is 13.1. The Labute approximate surface area is 118 Å². The fourth-order valence-electron chi connectivity index (χ4n) is 1.94. The van der Waals surface area contributed by atoms with Crippen molar-refractivity contribution in [3.63, 3.8) is 0 Å². The molecule has 0 saturated heterocycles. The molecule has 0 bridgehead atoms. The van der Waals surface area contributed by atoms with Crippen LogP contribution in [0, 0.1) is 12.7 Å². The molecule has 0 spiro atoms. The lowest BCUT2D eigenvalue weighted by Crippen LogP contribution is -2.02. The van der Waals surface area contributed by atoms with Gasteiger partial charge in [0.25, 0.3) is 0 Å². The van der Waals surface area contributed by atoms with Gasteiger partial charge in [0.15, 0.2) is 0 Å². The number of anilines is 1. The molecule has 0 aromatic heterocycles. The van der Waals surface area contributed by atoms with E-state index in [0.29, 0.717) is 6.54 Å². The first-order valence-electron chi connectivity index (χ1n) is 6.41. The van der Waals surface area contributed by atoms with Gasteiger partial charge in [0, 0.05) is 17.1 Å². The summed E-state index contributed by atoms with van der Waals surface area (Å²) in [6, 6.07) is 13.2. The predicted molar refractivity (Wildman–Crippen MR) is 81.3 cm³/mol. The number of aryl methyl sites for hydroxylation is 1.